The third-order valence-corrected chi connectivity index (χ3v) is 5.28. The van der Waals surface area contributed by atoms with Crippen molar-refractivity contribution in [3.8, 4) is 21.7 Å². The van der Waals surface area contributed by atoms with E-state index in [4.69, 9.17) is 0 Å². The Morgan fingerprint density at radius 2 is 1.71 bits per heavy atom. The van der Waals surface area contributed by atoms with Gasteiger partial charge in [0.25, 0.3) is 0 Å². The molecule has 21 heavy (non-hydrogen) atoms. The Kier molecular flexibility index (Phi) is 2.21. The van der Waals surface area contributed by atoms with Gasteiger partial charge in [-0.1, -0.05) is 42.5 Å². The van der Waals surface area contributed by atoms with E-state index in [0.29, 0.717) is 0 Å². The zero-order chi connectivity index (χ0) is 13.8. The first-order valence-corrected chi connectivity index (χ1v) is 8.04. The van der Waals surface area contributed by atoms with Crippen molar-refractivity contribution < 1.29 is 0 Å². The minimum absolute atomic E-state index is 0.945. The number of hydrogen-bond acceptors (Lipinski definition) is 1. The number of aromatic nitrogens is 1. The Labute approximate surface area is 127 Å². The van der Waals surface area contributed by atoms with Crippen molar-refractivity contribution in [2.24, 2.45) is 0 Å². The molecular weight excluding hydrogens is 274 g/mol. The second-order valence-electron chi connectivity index (χ2n) is 5.50. The van der Waals surface area contributed by atoms with Gasteiger partial charge in [0.15, 0.2) is 0 Å². The lowest BCUT2D eigenvalue weighted by Gasteiger charge is -2.08. The molecule has 3 heterocycles. The number of rotatable bonds is 0. The van der Waals surface area contributed by atoms with Crippen molar-refractivity contribution in [1.29, 1.82) is 0 Å². The lowest BCUT2D eigenvalue weighted by Crippen LogP contribution is -1.99. The summed E-state index contributed by atoms with van der Waals surface area (Å²) in [6, 6.07) is 22.0. The van der Waals surface area contributed by atoms with Crippen LogP contribution in [-0.4, -0.2) is 4.57 Å². The van der Waals surface area contributed by atoms with Crippen molar-refractivity contribution in [2.45, 2.75) is 6.54 Å². The van der Waals surface area contributed by atoms with Crippen molar-refractivity contribution in [3.63, 3.8) is 0 Å². The fraction of sp³-hybridized carbons (Fsp3) is 0.0526. The number of benzene rings is 2. The third-order valence-electron chi connectivity index (χ3n) is 4.34. The van der Waals surface area contributed by atoms with Crippen LogP contribution in [0.3, 0.4) is 0 Å². The smallest absolute Gasteiger partial charge is 0.0602 e. The Hall–Kier alpha value is -2.32. The van der Waals surface area contributed by atoms with Gasteiger partial charge in [0.2, 0.25) is 0 Å². The summed E-state index contributed by atoms with van der Waals surface area (Å²) in [6.45, 7) is 0.945. The maximum atomic E-state index is 2.45. The highest BCUT2D eigenvalue weighted by Gasteiger charge is 2.21. The fourth-order valence-corrected chi connectivity index (χ4v) is 4.31. The predicted molar refractivity (Wildman–Crippen MR) is 89.8 cm³/mol. The summed E-state index contributed by atoms with van der Waals surface area (Å²) >= 11 is 1.84. The summed E-state index contributed by atoms with van der Waals surface area (Å²) in [5, 5.41) is 3.53. The van der Waals surface area contributed by atoms with Gasteiger partial charge in [0.1, 0.15) is 0 Å². The molecule has 0 aliphatic carbocycles. The molecule has 4 aromatic rings. The second-order valence-corrected chi connectivity index (χ2v) is 6.41. The zero-order valence-electron chi connectivity index (χ0n) is 11.4. The Bertz CT molecular complexity index is 974. The van der Waals surface area contributed by atoms with Gasteiger partial charge in [-0.3, -0.25) is 0 Å². The van der Waals surface area contributed by atoms with Crippen LogP contribution in [0.5, 0.6) is 0 Å². The van der Waals surface area contributed by atoms with Crippen LogP contribution in [0.2, 0.25) is 0 Å². The second kappa shape index (κ2) is 4.09. The quantitative estimate of drug-likeness (QED) is 0.359. The predicted octanol–water partition coefficient (Wildman–Crippen LogP) is 5.40. The van der Waals surface area contributed by atoms with Crippen LogP contribution in [0.1, 0.15) is 5.56 Å². The summed E-state index contributed by atoms with van der Waals surface area (Å²) in [6.07, 6.45) is 0. The molecule has 0 bridgehead atoms. The lowest BCUT2D eigenvalue weighted by atomic mass is 10.0. The molecule has 0 unspecified atom stereocenters. The summed E-state index contributed by atoms with van der Waals surface area (Å²) < 4.78 is 2.45. The van der Waals surface area contributed by atoms with Crippen molar-refractivity contribution in [3.05, 3.63) is 71.6 Å². The summed E-state index contributed by atoms with van der Waals surface area (Å²) in [5.41, 5.74) is 6.82. The van der Waals surface area contributed by atoms with Gasteiger partial charge < -0.3 is 4.57 Å². The number of fused-ring (bicyclic) bond motifs is 7. The van der Waals surface area contributed by atoms with Crippen molar-refractivity contribution in [2.75, 3.05) is 0 Å². The molecule has 0 saturated heterocycles. The maximum absolute atomic E-state index is 2.45. The Morgan fingerprint density at radius 1 is 0.857 bits per heavy atom. The Morgan fingerprint density at radius 3 is 2.71 bits per heavy atom. The molecule has 0 fully saturated rings. The molecule has 0 saturated carbocycles. The van der Waals surface area contributed by atoms with E-state index in [9.17, 15) is 0 Å². The number of hydrogen-bond donors (Lipinski definition) is 0. The van der Waals surface area contributed by atoms with Crippen LogP contribution in [0.15, 0.2) is 66.0 Å². The zero-order valence-corrected chi connectivity index (χ0v) is 12.2. The van der Waals surface area contributed by atoms with E-state index in [1.54, 1.807) is 0 Å². The normalized spacial score (nSPS) is 12.6. The number of para-hydroxylation sites is 1. The van der Waals surface area contributed by atoms with Crippen LogP contribution < -0.4 is 0 Å². The van der Waals surface area contributed by atoms with Gasteiger partial charge in [0.05, 0.1) is 10.6 Å². The van der Waals surface area contributed by atoms with Gasteiger partial charge >= 0.3 is 0 Å². The molecule has 2 heteroatoms. The summed E-state index contributed by atoms with van der Waals surface area (Å²) in [5.74, 6) is 0. The molecule has 0 N–H and O–H groups in total. The van der Waals surface area contributed by atoms with Crippen LogP contribution in [0.4, 0.5) is 0 Å². The van der Waals surface area contributed by atoms with Crippen LogP contribution in [0.25, 0.3) is 32.6 Å². The maximum Gasteiger partial charge on any atom is 0.0602 e. The summed E-state index contributed by atoms with van der Waals surface area (Å²) in [7, 11) is 0. The van der Waals surface area contributed by atoms with Gasteiger partial charge in [-0.25, -0.2) is 0 Å². The van der Waals surface area contributed by atoms with E-state index in [1.165, 1.54) is 38.2 Å². The molecule has 0 amide bonds. The van der Waals surface area contributed by atoms with Crippen LogP contribution in [-0.2, 0) is 6.54 Å². The molecule has 0 radical (unpaired) electrons. The first kappa shape index (κ1) is 11.4. The first-order chi connectivity index (χ1) is 10.4. The van der Waals surface area contributed by atoms with E-state index >= 15 is 0 Å². The molecule has 1 aliphatic heterocycles. The van der Waals surface area contributed by atoms with Gasteiger partial charge in [-0.05, 0) is 34.7 Å². The molecular formula is C19H13NS. The molecule has 5 rings (SSSR count). The third kappa shape index (κ3) is 1.51. The van der Waals surface area contributed by atoms with E-state index in [0.717, 1.165) is 6.54 Å². The monoisotopic (exact) mass is 287 g/mol. The topological polar surface area (TPSA) is 4.93 Å². The highest BCUT2D eigenvalue weighted by atomic mass is 32.1. The molecule has 1 nitrogen and oxygen atoms in total. The average molecular weight is 287 g/mol. The van der Waals surface area contributed by atoms with Gasteiger partial charge in [-0.15, -0.1) is 11.3 Å². The lowest BCUT2D eigenvalue weighted by molar-refractivity contribution is 0.853. The number of thiophene rings is 1. The van der Waals surface area contributed by atoms with Crippen molar-refractivity contribution >= 4 is 22.2 Å². The Balaban J connectivity index is 1.94. The molecule has 1 aliphatic rings. The van der Waals surface area contributed by atoms with Gasteiger partial charge in [0, 0.05) is 23.0 Å². The molecule has 100 valence electrons. The van der Waals surface area contributed by atoms with E-state index < -0.39 is 0 Å². The summed E-state index contributed by atoms with van der Waals surface area (Å²) in [4.78, 5) is 1.39. The van der Waals surface area contributed by atoms with Crippen molar-refractivity contribution in [1.82, 2.24) is 4.57 Å². The molecule has 2 aromatic heterocycles. The molecule has 0 atom stereocenters. The first-order valence-electron chi connectivity index (χ1n) is 7.16. The molecule has 2 aromatic carbocycles. The van der Waals surface area contributed by atoms with Crippen LogP contribution >= 0.6 is 11.3 Å². The number of nitrogens with zero attached hydrogens (tertiary/aromatic N) is 1. The minimum Gasteiger partial charge on any atom is -0.335 e. The van der Waals surface area contributed by atoms with Crippen LogP contribution in [0, 0.1) is 0 Å². The highest BCUT2D eigenvalue weighted by molar-refractivity contribution is 7.14. The fourth-order valence-electron chi connectivity index (χ4n) is 3.38. The van der Waals surface area contributed by atoms with E-state index in [2.05, 4.69) is 70.6 Å². The SMILES string of the molecule is c1ccc2c(c1)Cn1c(cc3ccccc31)-c1sccc1-2. The van der Waals surface area contributed by atoms with E-state index in [1.807, 2.05) is 11.3 Å². The van der Waals surface area contributed by atoms with E-state index in [-0.39, 0.29) is 0 Å². The van der Waals surface area contributed by atoms with Gasteiger partial charge in [-0.2, -0.15) is 0 Å². The largest absolute Gasteiger partial charge is 0.335 e. The molecule has 0 spiro atoms. The standard InChI is InChI=1S/C19H13NS/c1-3-7-15-14(6-1)12-20-17-8-4-2-5-13(17)11-18(20)19-16(15)9-10-21-19/h1-11H,12H2. The minimum atomic E-state index is 0.945. The highest BCUT2D eigenvalue weighted by Crippen LogP contribution is 2.43. The average Bonchev–Trinajstić information content (AvgIpc) is 3.10.